The van der Waals surface area contributed by atoms with E-state index in [1.165, 1.54) is 22.5 Å². The van der Waals surface area contributed by atoms with Crippen LogP contribution < -0.4 is 14.8 Å². The first kappa shape index (κ1) is 24.4. The Balaban J connectivity index is 1.35. The van der Waals surface area contributed by atoms with E-state index in [1.807, 2.05) is 11.8 Å². The highest BCUT2D eigenvalue weighted by Gasteiger charge is 2.32. The second kappa shape index (κ2) is 10.3. The third-order valence-corrected chi connectivity index (χ3v) is 8.18. The second-order valence-electron chi connectivity index (χ2n) is 8.56. The molecule has 1 fully saturated rings. The van der Waals surface area contributed by atoms with Gasteiger partial charge in [0.2, 0.25) is 15.9 Å². The molecule has 2 aliphatic heterocycles. The van der Waals surface area contributed by atoms with Gasteiger partial charge in [-0.1, -0.05) is 12.1 Å². The van der Waals surface area contributed by atoms with Crippen LogP contribution in [0.3, 0.4) is 0 Å². The zero-order valence-corrected chi connectivity index (χ0v) is 20.2. The monoisotopic (exact) mass is 491 g/mol. The van der Waals surface area contributed by atoms with E-state index >= 15 is 0 Å². The van der Waals surface area contributed by atoms with E-state index in [9.17, 15) is 17.6 Å². The van der Waals surface area contributed by atoms with Crippen molar-refractivity contribution in [1.29, 1.82) is 0 Å². The molecular weight excluding hydrogens is 461 g/mol. The maximum atomic E-state index is 13.2. The number of ether oxygens (including phenoxy) is 2. The number of halogens is 1. The normalized spacial score (nSPS) is 19.1. The van der Waals surface area contributed by atoms with E-state index in [2.05, 4.69) is 5.32 Å². The number of rotatable bonds is 6. The summed E-state index contributed by atoms with van der Waals surface area (Å²) in [5.41, 5.74) is 0.813. The molecule has 34 heavy (non-hydrogen) atoms. The van der Waals surface area contributed by atoms with E-state index in [0.717, 1.165) is 12.0 Å². The Bertz CT molecular complexity index is 1120. The van der Waals surface area contributed by atoms with Crippen LogP contribution in [0, 0.1) is 5.82 Å². The van der Waals surface area contributed by atoms with Gasteiger partial charge in [-0.3, -0.25) is 9.69 Å². The fourth-order valence-electron chi connectivity index (χ4n) is 4.12. The maximum absolute atomic E-state index is 13.2. The highest BCUT2D eigenvalue weighted by Crippen LogP contribution is 2.33. The molecule has 2 unspecified atom stereocenters. The van der Waals surface area contributed by atoms with Crippen molar-refractivity contribution in [3.63, 3.8) is 0 Å². The van der Waals surface area contributed by atoms with Gasteiger partial charge in [0, 0.05) is 38.7 Å². The molecule has 2 aliphatic rings. The van der Waals surface area contributed by atoms with Crippen molar-refractivity contribution in [2.45, 2.75) is 37.2 Å². The molecule has 1 N–H and O–H groups in total. The Morgan fingerprint density at radius 1 is 0.971 bits per heavy atom. The molecule has 1 saturated heterocycles. The lowest BCUT2D eigenvalue weighted by Gasteiger charge is -2.37. The quantitative estimate of drug-likeness (QED) is 0.668. The van der Waals surface area contributed by atoms with Crippen molar-refractivity contribution in [2.75, 3.05) is 39.4 Å². The number of carbonyl (C=O) groups is 1. The van der Waals surface area contributed by atoms with Crippen molar-refractivity contribution in [1.82, 2.24) is 14.5 Å². The van der Waals surface area contributed by atoms with Crippen molar-refractivity contribution in [3.8, 4) is 11.5 Å². The zero-order valence-electron chi connectivity index (χ0n) is 19.4. The van der Waals surface area contributed by atoms with Crippen molar-refractivity contribution in [3.05, 3.63) is 53.8 Å². The minimum atomic E-state index is -3.70. The molecule has 0 aliphatic carbocycles. The Labute approximate surface area is 199 Å². The third kappa shape index (κ3) is 5.34. The van der Waals surface area contributed by atoms with E-state index in [1.54, 1.807) is 31.2 Å². The Morgan fingerprint density at radius 3 is 2.29 bits per heavy atom. The smallest absolute Gasteiger partial charge is 0.243 e. The Kier molecular flexibility index (Phi) is 7.39. The number of amides is 1. The lowest BCUT2D eigenvalue weighted by molar-refractivity contribution is -0.127. The van der Waals surface area contributed by atoms with Crippen LogP contribution in [0.15, 0.2) is 47.4 Å². The van der Waals surface area contributed by atoms with Crippen LogP contribution in [0.4, 0.5) is 4.39 Å². The number of hydrogen-bond donors (Lipinski definition) is 1. The van der Waals surface area contributed by atoms with Crippen LogP contribution in [0.5, 0.6) is 11.5 Å². The summed E-state index contributed by atoms with van der Waals surface area (Å²) in [6.45, 7) is 6.10. The standard InChI is InChI=1S/C24H30FN3O5S/c1-17(19-4-6-20(25)7-5-19)26-24(29)18(2)27-10-12-28(13-11-27)34(30,31)21-8-9-22-23(16-21)33-15-3-14-32-22/h4-9,16-18H,3,10-15H2,1-2H3,(H,26,29). The number of benzene rings is 2. The highest BCUT2D eigenvalue weighted by atomic mass is 32.2. The maximum Gasteiger partial charge on any atom is 0.243 e. The molecule has 0 spiro atoms. The molecule has 0 saturated carbocycles. The van der Waals surface area contributed by atoms with E-state index in [4.69, 9.17) is 9.47 Å². The molecule has 2 aromatic carbocycles. The molecule has 2 atom stereocenters. The molecule has 10 heteroatoms. The van der Waals surface area contributed by atoms with Crippen LogP contribution in [-0.4, -0.2) is 69.0 Å². The summed E-state index contributed by atoms with van der Waals surface area (Å²) in [6, 6.07) is 10.0. The number of carbonyl (C=O) groups excluding carboxylic acids is 1. The van der Waals surface area contributed by atoms with Gasteiger partial charge in [0.25, 0.3) is 0 Å². The number of nitrogens with zero attached hydrogens (tertiary/aromatic N) is 2. The van der Waals surface area contributed by atoms with Gasteiger partial charge in [0.15, 0.2) is 11.5 Å². The summed E-state index contributed by atoms with van der Waals surface area (Å²) < 4.78 is 52.2. The summed E-state index contributed by atoms with van der Waals surface area (Å²) >= 11 is 0. The molecule has 0 bridgehead atoms. The summed E-state index contributed by atoms with van der Waals surface area (Å²) in [4.78, 5) is 14.9. The fourth-order valence-corrected chi connectivity index (χ4v) is 5.56. The molecule has 0 radical (unpaired) electrons. The second-order valence-corrected chi connectivity index (χ2v) is 10.5. The first-order chi connectivity index (χ1) is 16.3. The molecule has 184 valence electrons. The van der Waals surface area contributed by atoms with Crippen molar-refractivity contribution in [2.24, 2.45) is 0 Å². The average Bonchev–Trinajstić information content (AvgIpc) is 3.09. The predicted octanol–water partition coefficient (Wildman–Crippen LogP) is 2.56. The van der Waals surface area contributed by atoms with Gasteiger partial charge >= 0.3 is 0 Å². The topological polar surface area (TPSA) is 88.2 Å². The summed E-state index contributed by atoms with van der Waals surface area (Å²) in [5, 5.41) is 2.95. The van der Waals surface area contributed by atoms with Gasteiger partial charge in [-0.2, -0.15) is 4.31 Å². The van der Waals surface area contributed by atoms with Gasteiger partial charge in [-0.25, -0.2) is 12.8 Å². The fraction of sp³-hybridized carbons (Fsp3) is 0.458. The van der Waals surface area contributed by atoms with E-state index in [-0.39, 0.29) is 35.8 Å². The van der Waals surface area contributed by atoms with Crippen molar-refractivity contribution < 1.29 is 27.1 Å². The molecule has 2 aromatic rings. The van der Waals surface area contributed by atoms with Crippen LogP contribution in [-0.2, 0) is 14.8 Å². The zero-order chi connectivity index (χ0) is 24.3. The average molecular weight is 492 g/mol. The minimum Gasteiger partial charge on any atom is -0.490 e. The molecule has 0 aromatic heterocycles. The van der Waals surface area contributed by atoms with Crippen molar-refractivity contribution >= 4 is 15.9 Å². The number of nitrogens with one attached hydrogen (secondary N) is 1. The van der Waals surface area contributed by atoms with Crippen LogP contribution >= 0.6 is 0 Å². The van der Waals surface area contributed by atoms with Crippen LogP contribution in [0.1, 0.15) is 31.9 Å². The van der Waals surface area contributed by atoms with Gasteiger partial charge in [-0.05, 0) is 43.7 Å². The summed E-state index contributed by atoms with van der Waals surface area (Å²) in [7, 11) is -3.70. The molecule has 2 heterocycles. The minimum absolute atomic E-state index is 0.156. The first-order valence-electron chi connectivity index (χ1n) is 11.5. The lowest BCUT2D eigenvalue weighted by atomic mass is 10.1. The first-order valence-corrected chi connectivity index (χ1v) is 12.9. The molecular formula is C24H30FN3O5S. The number of hydrogen-bond acceptors (Lipinski definition) is 6. The van der Waals surface area contributed by atoms with E-state index in [0.29, 0.717) is 37.8 Å². The SMILES string of the molecule is CC(NC(=O)C(C)N1CCN(S(=O)(=O)c2ccc3c(c2)OCCCO3)CC1)c1ccc(F)cc1. The van der Waals surface area contributed by atoms with Gasteiger partial charge < -0.3 is 14.8 Å². The lowest BCUT2D eigenvalue weighted by Crippen LogP contribution is -2.55. The largest absolute Gasteiger partial charge is 0.490 e. The van der Waals surface area contributed by atoms with Crippen LogP contribution in [0.2, 0.25) is 0 Å². The molecule has 1 amide bonds. The molecule has 8 nitrogen and oxygen atoms in total. The summed E-state index contributed by atoms with van der Waals surface area (Å²) in [5.74, 6) is 0.514. The Hall–Kier alpha value is -2.69. The third-order valence-electron chi connectivity index (χ3n) is 6.29. The van der Waals surface area contributed by atoms with E-state index < -0.39 is 16.1 Å². The number of piperazine rings is 1. The van der Waals surface area contributed by atoms with Gasteiger partial charge in [0.05, 0.1) is 30.2 Å². The predicted molar refractivity (Wildman–Crippen MR) is 125 cm³/mol. The Morgan fingerprint density at radius 2 is 1.62 bits per heavy atom. The van der Waals surface area contributed by atoms with Crippen LogP contribution in [0.25, 0.3) is 0 Å². The number of sulfonamides is 1. The highest BCUT2D eigenvalue weighted by molar-refractivity contribution is 7.89. The molecule has 4 rings (SSSR count). The van der Waals surface area contributed by atoms with Gasteiger partial charge in [0.1, 0.15) is 5.82 Å². The number of fused-ring (bicyclic) bond motifs is 1. The summed E-state index contributed by atoms with van der Waals surface area (Å²) in [6.07, 6.45) is 0.743. The van der Waals surface area contributed by atoms with Gasteiger partial charge in [-0.15, -0.1) is 0 Å².